The molecule has 0 spiro atoms. The first-order chi connectivity index (χ1) is 13.3. The van der Waals surface area contributed by atoms with Crippen LogP contribution in [0.2, 0.25) is 0 Å². The van der Waals surface area contributed by atoms with Crippen LogP contribution in [0.25, 0.3) is 6.08 Å². The van der Waals surface area contributed by atoms with Crippen LogP contribution in [0.3, 0.4) is 0 Å². The van der Waals surface area contributed by atoms with Crippen LogP contribution < -0.4 is 0 Å². The maximum atomic E-state index is 12.7. The number of hydrogen-bond acceptors (Lipinski definition) is 5. The lowest BCUT2D eigenvalue weighted by Gasteiger charge is -2.18. The third kappa shape index (κ3) is 3.75. The topological polar surface area (TPSA) is 68.6 Å². The molecule has 0 saturated carbocycles. The van der Waals surface area contributed by atoms with Gasteiger partial charge in [0, 0.05) is 17.9 Å². The number of amides is 2. The lowest BCUT2D eigenvalue weighted by atomic mass is 10.2. The largest absolute Gasteiger partial charge is 0.467 e. The molecule has 0 bridgehead atoms. The number of aryl methyl sites for hydroxylation is 1. The highest BCUT2D eigenvalue weighted by molar-refractivity contribution is 8.18. The zero-order chi connectivity index (χ0) is 20.4. The van der Waals surface area contributed by atoms with Gasteiger partial charge in [-0.2, -0.15) is 0 Å². The second-order valence-corrected chi connectivity index (χ2v) is 7.64. The average Bonchev–Trinajstić information content (AvgIpc) is 3.11. The summed E-state index contributed by atoms with van der Waals surface area (Å²) in [5, 5.41) is -0.466. The van der Waals surface area contributed by atoms with Gasteiger partial charge < -0.3 is 9.30 Å². The number of esters is 1. The zero-order valence-electron chi connectivity index (χ0n) is 16.3. The van der Waals surface area contributed by atoms with E-state index in [1.807, 2.05) is 38.1 Å². The number of thioether (sulfide) groups is 1. The molecule has 2 heterocycles. The maximum absolute atomic E-state index is 12.7. The van der Waals surface area contributed by atoms with Crippen LogP contribution in [0.1, 0.15) is 29.4 Å². The van der Waals surface area contributed by atoms with Gasteiger partial charge in [-0.05, 0) is 55.8 Å². The lowest BCUT2D eigenvalue weighted by molar-refractivity contribution is -0.148. The van der Waals surface area contributed by atoms with Crippen LogP contribution in [-0.2, 0) is 20.9 Å². The summed E-state index contributed by atoms with van der Waals surface area (Å²) in [7, 11) is 1.23. The molecule has 1 fully saturated rings. The van der Waals surface area contributed by atoms with E-state index in [2.05, 4.69) is 21.4 Å². The Morgan fingerprint density at radius 1 is 1.21 bits per heavy atom. The van der Waals surface area contributed by atoms with E-state index in [9.17, 15) is 14.4 Å². The number of imide groups is 1. The molecule has 1 aromatic heterocycles. The Labute approximate surface area is 168 Å². The van der Waals surface area contributed by atoms with Crippen LogP contribution in [0, 0.1) is 13.8 Å². The predicted molar refractivity (Wildman–Crippen MR) is 109 cm³/mol. The molecule has 1 atom stereocenters. The van der Waals surface area contributed by atoms with Gasteiger partial charge in [-0.3, -0.25) is 14.5 Å². The van der Waals surface area contributed by atoms with Gasteiger partial charge >= 0.3 is 5.97 Å². The van der Waals surface area contributed by atoms with Crippen molar-refractivity contribution >= 4 is 35.0 Å². The summed E-state index contributed by atoms with van der Waals surface area (Å²) in [6.45, 7) is 6.21. The zero-order valence-corrected chi connectivity index (χ0v) is 17.1. The Kier molecular flexibility index (Phi) is 5.74. The fourth-order valence-electron chi connectivity index (χ4n) is 3.21. The Morgan fingerprint density at radius 3 is 2.54 bits per heavy atom. The van der Waals surface area contributed by atoms with E-state index in [4.69, 9.17) is 0 Å². The molecule has 6 nitrogen and oxygen atoms in total. The molecule has 0 radical (unpaired) electrons. The number of hydrogen-bond donors (Lipinski definition) is 0. The van der Waals surface area contributed by atoms with Crippen LogP contribution in [0.5, 0.6) is 0 Å². The summed E-state index contributed by atoms with van der Waals surface area (Å²) in [6, 6.07) is 11.2. The number of nitrogens with zero attached hydrogens (tertiary/aromatic N) is 2. The maximum Gasteiger partial charge on any atom is 0.328 e. The molecule has 0 N–H and O–H groups in total. The number of carbonyl (C=O) groups excluding carboxylic acids is 3. The Bertz CT molecular complexity index is 962. The minimum absolute atomic E-state index is 0.306. The quantitative estimate of drug-likeness (QED) is 0.567. The van der Waals surface area contributed by atoms with Crippen LogP contribution >= 0.6 is 11.8 Å². The van der Waals surface area contributed by atoms with E-state index in [0.717, 1.165) is 40.2 Å². The molecular formula is C21H22N2O4S. The van der Waals surface area contributed by atoms with E-state index in [1.165, 1.54) is 19.6 Å². The van der Waals surface area contributed by atoms with Crippen molar-refractivity contribution in [1.82, 2.24) is 9.47 Å². The number of benzene rings is 1. The molecule has 0 aliphatic carbocycles. The molecule has 1 saturated heterocycles. The molecular weight excluding hydrogens is 376 g/mol. The Hall–Kier alpha value is -2.80. The number of rotatable bonds is 5. The summed E-state index contributed by atoms with van der Waals surface area (Å²) in [4.78, 5) is 37.9. The first kappa shape index (κ1) is 19.9. The van der Waals surface area contributed by atoms with Crippen molar-refractivity contribution in [1.29, 1.82) is 0 Å². The first-order valence-corrected chi connectivity index (χ1v) is 9.70. The van der Waals surface area contributed by atoms with Gasteiger partial charge in [0.15, 0.2) is 0 Å². The standard InChI is InChI=1S/C21H22N2O4S/c1-13-10-17(14(2)22(13)12-16-8-6-5-7-9-16)11-18-19(24)23(21(26)28-18)15(3)20(25)27-4/h5-11,15H,12H2,1-4H3/b18-11+/t15-/m0/s1. The van der Waals surface area contributed by atoms with Crippen molar-refractivity contribution in [2.75, 3.05) is 7.11 Å². The highest BCUT2D eigenvalue weighted by atomic mass is 32.2. The minimum atomic E-state index is -0.950. The summed E-state index contributed by atoms with van der Waals surface area (Å²) < 4.78 is 6.82. The molecule has 1 aliphatic heterocycles. The number of carbonyl (C=O) groups is 3. The fraction of sp³-hybridized carbons (Fsp3) is 0.286. The van der Waals surface area contributed by atoms with E-state index in [0.29, 0.717) is 4.91 Å². The molecule has 28 heavy (non-hydrogen) atoms. The Morgan fingerprint density at radius 2 is 1.89 bits per heavy atom. The normalized spacial score (nSPS) is 16.7. The van der Waals surface area contributed by atoms with Gasteiger partial charge in [-0.15, -0.1) is 0 Å². The average molecular weight is 398 g/mol. The molecule has 0 unspecified atom stereocenters. The molecule has 1 aliphatic rings. The Balaban J connectivity index is 1.88. The molecule has 3 rings (SSSR count). The molecule has 2 amide bonds. The van der Waals surface area contributed by atoms with Crippen molar-refractivity contribution < 1.29 is 19.1 Å². The van der Waals surface area contributed by atoms with Gasteiger partial charge in [0.05, 0.1) is 12.0 Å². The predicted octanol–water partition coefficient (Wildman–Crippen LogP) is 3.75. The van der Waals surface area contributed by atoms with Crippen molar-refractivity contribution in [2.24, 2.45) is 0 Å². The van der Waals surface area contributed by atoms with Gasteiger partial charge in [0.1, 0.15) is 6.04 Å². The second kappa shape index (κ2) is 8.06. The number of ether oxygens (including phenoxy) is 1. The van der Waals surface area contributed by atoms with Crippen molar-refractivity contribution in [3.63, 3.8) is 0 Å². The summed E-state index contributed by atoms with van der Waals surface area (Å²) >= 11 is 0.842. The first-order valence-electron chi connectivity index (χ1n) is 8.89. The number of aromatic nitrogens is 1. The van der Waals surface area contributed by atoms with Gasteiger partial charge in [0.25, 0.3) is 11.1 Å². The van der Waals surface area contributed by atoms with Crippen LogP contribution in [0.4, 0.5) is 4.79 Å². The third-order valence-electron chi connectivity index (χ3n) is 4.84. The highest BCUT2D eigenvalue weighted by Gasteiger charge is 2.41. The minimum Gasteiger partial charge on any atom is -0.467 e. The van der Waals surface area contributed by atoms with Gasteiger partial charge in [0.2, 0.25) is 0 Å². The smallest absolute Gasteiger partial charge is 0.328 e. The van der Waals surface area contributed by atoms with E-state index in [-0.39, 0.29) is 0 Å². The van der Waals surface area contributed by atoms with Gasteiger partial charge in [-0.1, -0.05) is 30.3 Å². The van der Waals surface area contributed by atoms with Crippen molar-refractivity contribution in [2.45, 2.75) is 33.4 Å². The van der Waals surface area contributed by atoms with Crippen molar-refractivity contribution in [3.8, 4) is 0 Å². The highest BCUT2D eigenvalue weighted by Crippen LogP contribution is 2.34. The molecule has 7 heteroatoms. The lowest BCUT2D eigenvalue weighted by Crippen LogP contribution is -2.42. The third-order valence-corrected chi connectivity index (χ3v) is 5.72. The molecule has 1 aromatic carbocycles. The number of methoxy groups -OCH3 is 1. The summed E-state index contributed by atoms with van der Waals surface area (Å²) in [5.41, 5.74) is 4.14. The van der Waals surface area contributed by atoms with E-state index < -0.39 is 23.2 Å². The summed E-state index contributed by atoms with van der Waals surface area (Å²) in [5.74, 6) is -1.09. The summed E-state index contributed by atoms with van der Waals surface area (Å²) in [6.07, 6.45) is 1.72. The van der Waals surface area contributed by atoms with Gasteiger partial charge in [-0.25, -0.2) is 4.79 Å². The van der Waals surface area contributed by atoms with Crippen LogP contribution in [-0.4, -0.2) is 39.7 Å². The fourth-order valence-corrected chi connectivity index (χ4v) is 4.11. The second-order valence-electron chi connectivity index (χ2n) is 6.65. The molecule has 146 valence electrons. The van der Waals surface area contributed by atoms with E-state index in [1.54, 1.807) is 6.08 Å². The van der Waals surface area contributed by atoms with Crippen molar-refractivity contribution in [3.05, 3.63) is 63.8 Å². The van der Waals surface area contributed by atoms with Crippen LogP contribution in [0.15, 0.2) is 41.3 Å². The van der Waals surface area contributed by atoms with E-state index >= 15 is 0 Å². The monoisotopic (exact) mass is 398 g/mol. The molecule has 2 aromatic rings. The SMILES string of the molecule is COC(=O)[C@H](C)N1C(=O)S/C(=C/c2cc(C)n(Cc3ccccc3)c2C)C1=O.